The zero-order valence-electron chi connectivity index (χ0n) is 12.0. The van der Waals surface area contributed by atoms with Gasteiger partial charge in [0.15, 0.2) is 0 Å². The monoisotopic (exact) mass is 319 g/mol. The van der Waals surface area contributed by atoms with Crippen molar-refractivity contribution in [2.45, 2.75) is 31.3 Å². The number of hydrogen-bond donors (Lipinski definition) is 2. The number of carbonyl (C=O) groups is 1. The molecule has 2 N–H and O–H groups in total. The van der Waals surface area contributed by atoms with Gasteiger partial charge in [-0.1, -0.05) is 0 Å². The van der Waals surface area contributed by atoms with Crippen molar-refractivity contribution < 1.29 is 27.4 Å². The molecule has 118 valence electrons. The summed E-state index contributed by atoms with van der Waals surface area (Å²) in [7, 11) is -4.17. The predicted molar refractivity (Wildman–Crippen MR) is 74.3 cm³/mol. The largest absolute Gasteiger partial charge is 0.478 e. The van der Waals surface area contributed by atoms with Crippen LogP contribution in [0.25, 0.3) is 0 Å². The maximum atomic E-state index is 13.7. The van der Waals surface area contributed by atoms with Crippen LogP contribution in [0.1, 0.15) is 31.1 Å². The number of ether oxygens (including phenoxy) is 1. The average molecular weight is 319 g/mol. The van der Waals surface area contributed by atoms with Crippen LogP contribution < -0.4 is 4.72 Å². The Labute approximate surface area is 123 Å². The van der Waals surface area contributed by atoms with Gasteiger partial charge in [-0.25, -0.2) is 22.3 Å². The second-order valence-electron chi connectivity index (χ2n) is 4.97. The molecular formula is C13H18FNO5S. The molecule has 0 aliphatic rings. The number of carboxylic acids is 1. The Kier molecular flexibility index (Phi) is 5.43. The van der Waals surface area contributed by atoms with Crippen molar-refractivity contribution in [2.75, 3.05) is 13.2 Å². The number of sulfonamides is 1. The van der Waals surface area contributed by atoms with E-state index in [4.69, 9.17) is 9.84 Å². The van der Waals surface area contributed by atoms with Crippen molar-refractivity contribution in [3.8, 4) is 0 Å². The zero-order chi connectivity index (χ0) is 16.3. The van der Waals surface area contributed by atoms with E-state index in [1.807, 2.05) is 0 Å². The van der Waals surface area contributed by atoms with Gasteiger partial charge < -0.3 is 9.84 Å². The summed E-state index contributed by atoms with van der Waals surface area (Å²) in [5.41, 5.74) is -1.07. The van der Waals surface area contributed by atoms with Crippen molar-refractivity contribution in [3.05, 3.63) is 29.6 Å². The maximum Gasteiger partial charge on any atom is 0.335 e. The van der Waals surface area contributed by atoms with Crippen LogP contribution in [-0.2, 0) is 14.8 Å². The lowest BCUT2D eigenvalue weighted by molar-refractivity contribution is -0.00516. The highest BCUT2D eigenvalue weighted by Crippen LogP contribution is 2.17. The average Bonchev–Trinajstić information content (AvgIpc) is 2.36. The number of nitrogens with one attached hydrogen (secondary N) is 1. The molecular weight excluding hydrogens is 301 g/mol. The zero-order valence-corrected chi connectivity index (χ0v) is 12.8. The van der Waals surface area contributed by atoms with Gasteiger partial charge >= 0.3 is 5.97 Å². The van der Waals surface area contributed by atoms with E-state index >= 15 is 0 Å². The first kappa shape index (κ1) is 17.5. The highest BCUT2D eigenvalue weighted by atomic mass is 32.2. The van der Waals surface area contributed by atoms with Gasteiger partial charge in [-0.3, -0.25) is 0 Å². The normalized spacial score (nSPS) is 12.4. The highest BCUT2D eigenvalue weighted by molar-refractivity contribution is 7.89. The fraction of sp³-hybridized carbons (Fsp3) is 0.462. The molecule has 0 fully saturated rings. The smallest absolute Gasteiger partial charge is 0.335 e. The molecule has 0 aliphatic heterocycles. The minimum absolute atomic E-state index is 0.0695. The summed E-state index contributed by atoms with van der Waals surface area (Å²) in [6, 6.07) is 2.60. The molecule has 1 aromatic rings. The van der Waals surface area contributed by atoms with E-state index in [9.17, 15) is 17.6 Å². The molecule has 0 aliphatic carbocycles. The topological polar surface area (TPSA) is 92.7 Å². The van der Waals surface area contributed by atoms with Gasteiger partial charge in [-0.05, 0) is 39.0 Å². The Bertz CT molecular complexity index is 627. The second kappa shape index (κ2) is 6.50. The minimum atomic E-state index is -4.17. The quantitative estimate of drug-likeness (QED) is 0.796. The van der Waals surface area contributed by atoms with E-state index < -0.39 is 32.3 Å². The first-order chi connectivity index (χ1) is 9.59. The molecule has 0 saturated heterocycles. The second-order valence-corrected chi connectivity index (χ2v) is 6.70. The number of halogens is 1. The summed E-state index contributed by atoms with van der Waals surface area (Å²) in [4.78, 5) is 10.1. The SMILES string of the molecule is CCOC(C)(C)CNS(=O)(=O)c1cc(C(=O)O)ccc1F. The summed E-state index contributed by atoms with van der Waals surface area (Å²) in [6.07, 6.45) is 0. The van der Waals surface area contributed by atoms with E-state index in [1.54, 1.807) is 20.8 Å². The molecule has 1 rings (SSSR count). The third-order valence-corrected chi connectivity index (χ3v) is 4.11. The molecule has 0 heterocycles. The van der Waals surface area contributed by atoms with E-state index in [2.05, 4.69) is 4.72 Å². The van der Waals surface area contributed by atoms with Crippen LogP contribution in [0.15, 0.2) is 23.1 Å². The molecule has 0 amide bonds. The van der Waals surface area contributed by atoms with Crippen LogP contribution in [0, 0.1) is 5.82 Å². The standard InChI is InChI=1S/C13H18FNO5S/c1-4-20-13(2,3)8-15-21(18,19)11-7-9(12(16)17)5-6-10(11)14/h5-7,15H,4,8H2,1-3H3,(H,16,17). The van der Waals surface area contributed by atoms with Crippen LogP contribution in [0.2, 0.25) is 0 Å². The Balaban J connectivity index is 3.03. The van der Waals surface area contributed by atoms with Gasteiger partial charge in [0.2, 0.25) is 10.0 Å². The summed E-state index contributed by atoms with van der Waals surface area (Å²) < 4.78 is 45.4. The van der Waals surface area contributed by atoms with E-state index in [1.165, 1.54) is 0 Å². The minimum Gasteiger partial charge on any atom is -0.478 e. The number of aromatic carboxylic acids is 1. The molecule has 0 aromatic heterocycles. The van der Waals surface area contributed by atoms with E-state index in [-0.39, 0.29) is 12.1 Å². The molecule has 1 aromatic carbocycles. The van der Waals surface area contributed by atoms with Gasteiger partial charge in [0.25, 0.3) is 0 Å². The van der Waals surface area contributed by atoms with E-state index in [0.29, 0.717) is 6.61 Å². The van der Waals surface area contributed by atoms with Crippen molar-refractivity contribution in [1.82, 2.24) is 4.72 Å². The van der Waals surface area contributed by atoms with Crippen molar-refractivity contribution in [3.63, 3.8) is 0 Å². The van der Waals surface area contributed by atoms with Crippen molar-refractivity contribution in [1.29, 1.82) is 0 Å². The van der Waals surface area contributed by atoms with Crippen LogP contribution in [0.3, 0.4) is 0 Å². The van der Waals surface area contributed by atoms with Gasteiger partial charge in [0.1, 0.15) is 10.7 Å². The first-order valence-electron chi connectivity index (χ1n) is 6.25. The van der Waals surface area contributed by atoms with Crippen LogP contribution >= 0.6 is 0 Å². The Morgan fingerprint density at radius 2 is 2.05 bits per heavy atom. The van der Waals surface area contributed by atoms with Gasteiger partial charge in [0, 0.05) is 13.2 Å². The summed E-state index contributed by atoms with van der Waals surface area (Å²) >= 11 is 0. The first-order valence-corrected chi connectivity index (χ1v) is 7.74. The highest BCUT2D eigenvalue weighted by Gasteiger charge is 2.25. The molecule has 8 heteroatoms. The molecule has 21 heavy (non-hydrogen) atoms. The molecule has 0 radical (unpaired) electrons. The molecule has 0 spiro atoms. The fourth-order valence-corrected chi connectivity index (χ4v) is 2.93. The van der Waals surface area contributed by atoms with Crippen LogP contribution in [-0.4, -0.2) is 38.2 Å². The molecule has 0 saturated carbocycles. The molecule has 6 nitrogen and oxygen atoms in total. The number of carboxylic acid groups (broad SMARTS) is 1. The number of rotatable bonds is 7. The fourth-order valence-electron chi connectivity index (χ4n) is 1.63. The third kappa shape index (κ3) is 4.76. The summed E-state index contributed by atoms with van der Waals surface area (Å²) in [5, 5.41) is 8.84. The predicted octanol–water partition coefficient (Wildman–Crippen LogP) is 1.62. The molecule has 0 bridgehead atoms. The lowest BCUT2D eigenvalue weighted by Crippen LogP contribution is -2.40. The summed E-state index contributed by atoms with van der Waals surface area (Å²) in [6.45, 7) is 5.47. The Hall–Kier alpha value is -1.51. The lowest BCUT2D eigenvalue weighted by atomic mass is 10.1. The third-order valence-electron chi connectivity index (χ3n) is 2.69. The van der Waals surface area contributed by atoms with E-state index in [0.717, 1.165) is 18.2 Å². The Morgan fingerprint density at radius 1 is 1.43 bits per heavy atom. The Morgan fingerprint density at radius 3 is 2.57 bits per heavy atom. The number of hydrogen-bond acceptors (Lipinski definition) is 4. The molecule has 0 unspecified atom stereocenters. The lowest BCUT2D eigenvalue weighted by Gasteiger charge is -2.24. The van der Waals surface area contributed by atoms with Crippen molar-refractivity contribution >= 4 is 16.0 Å². The molecule has 0 atom stereocenters. The van der Waals surface area contributed by atoms with Crippen LogP contribution in [0.5, 0.6) is 0 Å². The van der Waals surface area contributed by atoms with Crippen molar-refractivity contribution in [2.24, 2.45) is 0 Å². The number of benzene rings is 1. The van der Waals surface area contributed by atoms with Gasteiger partial charge in [-0.15, -0.1) is 0 Å². The summed E-state index contributed by atoms with van der Waals surface area (Å²) in [5.74, 6) is -2.34. The van der Waals surface area contributed by atoms with Crippen LogP contribution in [0.4, 0.5) is 4.39 Å². The maximum absolute atomic E-state index is 13.7. The van der Waals surface area contributed by atoms with Gasteiger partial charge in [0.05, 0.1) is 11.2 Å². The van der Waals surface area contributed by atoms with Gasteiger partial charge in [-0.2, -0.15) is 0 Å².